The second kappa shape index (κ2) is 8.31. The summed E-state index contributed by atoms with van der Waals surface area (Å²) in [5, 5.41) is 14.5. The Morgan fingerprint density at radius 1 is 1.06 bits per heavy atom. The van der Waals surface area contributed by atoms with Crippen LogP contribution in [0.25, 0.3) is 22.0 Å². The lowest BCUT2D eigenvalue weighted by Gasteiger charge is -2.16. The Bertz CT molecular complexity index is 1310. The number of aryl methyl sites for hydroxylation is 1. The lowest BCUT2D eigenvalue weighted by Crippen LogP contribution is -2.16. The number of rotatable bonds is 5. The van der Waals surface area contributed by atoms with E-state index < -0.39 is 16.4 Å². The summed E-state index contributed by atoms with van der Waals surface area (Å²) in [5.74, 6) is -1.33. The molecule has 1 amide bonds. The molecule has 3 aromatic carbocycles. The molecule has 31 heavy (non-hydrogen) atoms. The van der Waals surface area contributed by atoms with E-state index in [9.17, 15) is 19.3 Å². The first-order valence-corrected chi connectivity index (χ1v) is 9.61. The van der Waals surface area contributed by atoms with Crippen molar-refractivity contribution in [2.45, 2.75) is 13.3 Å². The Morgan fingerprint density at radius 2 is 1.77 bits per heavy atom. The van der Waals surface area contributed by atoms with Gasteiger partial charge in [-0.05, 0) is 41.8 Å². The number of anilines is 1. The summed E-state index contributed by atoms with van der Waals surface area (Å²) in [6.07, 6.45) is 0.0130. The molecule has 0 fully saturated rings. The van der Waals surface area contributed by atoms with Crippen LogP contribution in [0.5, 0.6) is 0 Å². The summed E-state index contributed by atoms with van der Waals surface area (Å²) < 4.78 is 13.6. The van der Waals surface area contributed by atoms with Gasteiger partial charge in [-0.15, -0.1) is 0 Å². The summed E-state index contributed by atoms with van der Waals surface area (Å²) in [4.78, 5) is 27.6. The normalized spacial score (nSPS) is 10.8. The van der Waals surface area contributed by atoms with Gasteiger partial charge in [-0.2, -0.15) is 4.39 Å². The molecule has 4 aromatic rings. The number of para-hydroxylation sites is 1. The molecule has 154 valence electrons. The molecule has 4 rings (SSSR count). The second-order valence-electron chi connectivity index (χ2n) is 7.08. The minimum atomic E-state index is -0.955. The third kappa shape index (κ3) is 4.11. The summed E-state index contributed by atoms with van der Waals surface area (Å²) in [7, 11) is 0. The number of carbonyl (C=O) groups is 1. The molecule has 1 aromatic heterocycles. The van der Waals surface area contributed by atoms with Crippen molar-refractivity contribution in [1.82, 2.24) is 4.98 Å². The highest BCUT2D eigenvalue weighted by Gasteiger charge is 2.19. The lowest BCUT2D eigenvalue weighted by molar-refractivity contribution is -0.387. The number of aromatic nitrogens is 1. The minimum Gasteiger partial charge on any atom is -0.326 e. The fourth-order valence-corrected chi connectivity index (χ4v) is 3.62. The van der Waals surface area contributed by atoms with Gasteiger partial charge in [0.05, 0.1) is 16.9 Å². The number of nitro benzene ring substituents is 1. The van der Waals surface area contributed by atoms with Crippen LogP contribution in [0.15, 0.2) is 72.8 Å². The molecule has 6 nitrogen and oxygen atoms in total. The predicted octanol–water partition coefficient (Wildman–Crippen LogP) is 5.44. The zero-order valence-corrected chi connectivity index (χ0v) is 16.6. The first-order valence-electron chi connectivity index (χ1n) is 9.61. The van der Waals surface area contributed by atoms with E-state index in [4.69, 9.17) is 0 Å². The monoisotopic (exact) mass is 415 g/mol. The molecule has 0 bridgehead atoms. The number of pyridine rings is 1. The van der Waals surface area contributed by atoms with E-state index in [1.165, 1.54) is 6.07 Å². The van der Waals surface area contributed by atoms with Crippen LogP contribution in [0.1, 0.15) is 11.3 Å². The summed E-state index contributed by atoms with van der Waals surface area (Å²) >= 11 is 0. The van der Waals surface area contributed by atoms with Crippen LogP contribution in [0.3, 0.4) is 0 Å². The Morgan fingerprint density at radius 3 is 2.52 bits per heavy atom. The Balaban J connectivity index is 1.73. The van der Waals surface area contributed by atoms with E-state index in [2.05, 4.69) is 10.3 Å². The average Bonchev–Trinajstić information content (AvgIpc) is 2.76. The van der Waals surface area contributed by atoms with Crippen molar-refractivity contribution >= 4 is 28.2 Å². The number of nitro groups is 1. The summed E-state index contributed by atoms with van der Waals surface area (Å²) in [6, 6.07) is 20.7. The van der Waals surface area contributed by atoms with Crippen molar-refractivity contribution in [2.24, 2.45) is 0 Å². The third-order valence-corrected chi connectivity index (χ3v) is 5.03. The van der Waals surface area contributed by atoms with Crippen LogP contribution >= 0.6 is 0 Å². The smallest absolute Gasteiger partial charge is 0.306 e. The highest BCUT2D eigenvalue weighted by atomic mass is 19.1. The van der Waals surface area contributed by atoms with E-state index in [-0.39, 0.29) is 18.0 Å². The van der Waals surface area contributed by atoms with Gasteiger partial charge in [0.15, 0.2) is 0 Å². The number of hydrogen-bond donors (Lipinski definition) is 1. The van der Waals surface area contributed by atoms with Crippen molar-refractivity contribution in [3.8, 4) is 11.1 Å². The molecule has 0 saturated heterocycles. The van der Waals surface area contributed by atoms with Gasteiger partial charge in [0.2, 0.25) is 11.7 Å². The molecule has 0 aliphatic heterocycles. The molecule has 0 aliphatic rings. The van der Waals surface area contributed by atoms with E-state index in [0.717, 1.165) is 45.4 Å². The standard InChI is InChI=1S/C24H18FN3O3/c1-15-19(14-23(29)27-17-11-12-20(25)22(13-17)28(30)31)24(16-7-3-2-4-8-16)18-9-5-6-10-21(18)26-15/h2-13H,14H2,1H3,(H,27,29). The molecule has 0 aliphatic carbocycles. The summed E-state index contributed by atoms with van der Waals surface area (Å²) in [5.41, 5.74) is 3.67. The van der Waals surface area contributed by atoms with Gasteiger partial charge in [-0.25, -0.2) is 0 Å². The van der Waals surface area contributed by atoms with Crippen molar-refractivity contribution in [2.75, 3.05) is 5.32 Å². The molecule has 0 spiro atoms. The van der Waals surface area contributed by atoms with Gasteiger partial charge in [0, 0.05) is 22.8 Å². The van der Waals surface area contributed by atoms with Crippen LogP contribution in [0, 0.1) is 22.9 Å². The van der Waals surface area contributed by atoms with Gasteiger partial charge < -0.3 is 5.32 Å². The van der Waals surface area contributed by atoms with Crippen molar-refractivity contribution in [1.29, 1.82) is 0 Å². The maximum atomic E-state index is 13.6. The Labute approximate surface area is 177 Å². The predicted molar refractivity (Wildman–Crippen MR) is 117 cm³/mol. The topological polar surface area (TPSA) is 85.1 Å². The molecular formula is C24H18FN3O3. The third-order valence-electron chi connectivity index (χ3n) is 5.03. The highest BCUT2D eigenvalue weighted by molar-refractivity contribution is 6.00. The Hall–Kier alpha value is -4.13. The van der Waals surface area contributed by atoms with Gasteiger partial charge >= 0.3 is 5.69 Å². The fraction of sp³-hybridized carbons (Fsp3) is 0.0833. The van der Waals surface area contributed by atoms with Crippen LogP contribution in [-0.4, -0.2) is 15.8 Å². The SMILES string of the molecule is Cc1nc2ccccc2c(-c2ccccc2)c1CC(=O)Nc1ccc(F)c([N+](=O)[O-])c1. The maximum Gasteiger partial charge on any atom is 0.306 e. The van der Waals surface area contributed by atoms with Gasteiger partial charge in [-0.1, -0.05) is 48.5 Å². The lowest BCUT2D eigenvalue weighted by atomic mass is 9.92. The number of benzene rings is 3. The van der Waals surface area contributed by atoms with E-state index in [1.54, 1.807) is 0 Å². The van der Waals surface area contributed by atoms with Crippen molar-refractivity contribution in [3.63, 3.8) is 0 Å². The molecule has 7 heteroatoms. The van der Waals surface area contributed by atoms with Crippen LogP contribution in [0.2, 0.25) is 0 Å². The van der Waals surface area contributed by atoms with Gasteiger partial charge in [-0.3, -0.25) is 19.9 Å². The Kier molecular flexibility index (Phi) is 5.41. The molecule has 1 N–H and O–H groups in total. The van der Waals surface area contributed by atoms with Crippen LogP contribution in [0.4, 0.5) is 15.8 Å². The number of amides is 1. The molecule has 0 saturated carbocycles. The zero-order valence-electron chi connectivity index (χ0n) is 16.6. The van der Waals surface area contributed by atoms with Crippen molar-refractivity contribution < 1.29 is 14.1 Å². The highest BCUT2D eigenvalue weighted by Crippen LogP contribution is 2.33. The number of hydrogen-bond acceptors (Lipinski definition) is 4. The molecule has 0 unspecified atom stereocenters. The van der Waals surface area contributed by atoms with E-state index >= 15 is 0 Å². The quantitative estimate of drug-likeness (QED) is 0.347. The molecular weight excluding hydrogens is 397 g/mol. The molecule has 0 radical (unpaired) electrons. The number of halogens is 1. The second-order valence-corrected chi connectivity index (χ2v) is 7.08. The van der Waals surface area contributed by atoms with Crippen LogP contribution < -0.4 is 5.32 Å². The average molecular weight is 415 g/mol. The number of carbonyl (C=O) groups excluding carboxylic acids is 1. The largest absolute Gasteiger partial charge is 0.326 e. The summed E-state index contributed by atoms with van der Waals surface area (Å²) in [6.45, 7) is 1.85. The van der Waals surface area contributed by atoms with Crippen molar-refractivity contribution in [3.05, 3.63) is 100.0 Å². The number of nitrogens with zero attached hydrogens (tertiary/aromatic N) is 2. The minimum absolute atomic E-state index is 0.0130. The van der Waals surface area contributed by atoms with Crippen LogP contribution in [-0.2, 0) is 11.2 Å². The first-order chi connectivity index (χ1) is 14.9. The van der Waals surface area contributed by atoms with E-state index in [1.807, 2.05) is 61.5 Å². The molecule has 0 atom stereocenters. The van der Waals surface area contributed by atoms with Gasteiger partial charge in [0.25, 0.3) is 0 Å². The fourth-order valence-electron chi connectivity index (χ4n) is 3.62. The number of fused-ring (bicyclic) bond motifs is 1. The van der Waals surface area contributed by atoms with E-state index in [0.29, 0.717) is 0 Å². The number of nitrogens with one attached hydrogen (secondary N) is 1. The zero-order chi connectivity index (χ0) is 22.0. The molecule has 1 heterocycles. The first kappa shape index (κ1) is 20.2. The van der Waals surface area contributed by atoms with Gasteiger partial charge in [0.1, 0.15) is 0 Å². The maximum absolute atomic E-state index is 13.6.